The molecule has 0 aliphatic heterocycles. The van der Waals surface area contributed by atoms with Crippen molar-refractivity contribution in [1.29, 1.82) is 0 Å². The highest BCUT2D eigenvalue weighted by Gasteiger charge is 2.36. The fraction of sp³-hybridized carbons (Fsp3) is 0.286. The zero-order valence-corrected chi connectivity index (χ0v) is 15.2. The Kier molecular flexibility index (Phi) is 4.87. The highest BCUT2D eigenvalue weighted by molar-refractivity contribution is 5.91. The molecule has 1 aliphatic carbocycles. The van der Waals surface area contributed by atoms with Crippen LogP contribution in [-0.2, 0) is 17.9 Å². The van der Waals surface area contributed by atoms with E-state index in [2.05, 4.69) is 22.3 Å². The molecule has 1 N–H and O–H groups in total. The maximum absolute atomic E-state index is 12.0. The Morgan fingerprint density at radius 3 is 2.74 bits per heavy atom. The van der Waals surface area contributed by atoms with E-state index in [1.54, 1.807) is 17.1 Å². The molecule has 1 aromatic carbocycles. The van der Waals surface area contributed by atoms with Crippen LogP contribution in [0.15, 0.2) is 59.5 Å². The third-order valence-corrected chi connectivity index (χ3v) is 4.82. The van der Waals surface area contributed by atoms with E-state index in [1.165, 1.54) is 18.8 Å². The van der Waals surface area contributed by atoms with Crippen LogP contribution in [-0.4, -0.2) is 20.7 Å². The number of carbonyl (C=O) groups excluding carboxylic acids is 1. The molecule has 1 aliphatic rings. The molecule has 2 heterocycles. The van der Waals surface area contributed by atoms with Gasteiger partial charge in [0.25, 0.3) is 0 Å². The van der Waals surface area contributed by atoms with Crippen LogP contribution in [0.4, 0.5) is 0 Å². The first kappa shape index (κ1) is 17.3. The minimum atomic E-state index is -0.139. The summed E-state index contributed by atoms with van der Waals surface area (Å²) in [6.07, 6.45) is 7.63. The van der Waals surface area contributed by atoms with Gasteiger partial charge in [-0.15, -0.1) is 0 Å². The lowest BCUT2D eigenvalue weighted by atomic mass is 10.1. The zero-order valence-electron chi connectivity index (χ0n) is 15.2. The molecule has 138 valence electrons. The quantitative estimate of drug-likeness (QED) is 0.654. The number of furan rings is 1. The van der Waals surface area contributed by atoms with Gasteiger partial charge in [0.2, 0.25) is 5.91 Å². The highest BCUT2D eigenvalue weighted by atomic mass is 16.3. The van der Waals surface area contributed by atoms with Crippen LogP contribution in [0.3, 0.4) is 0 Å². The van der Waals surface area contributed by atoms with E-state index in [1.807, 2.05) is 36.4 Å². The van der Waals surface area contributed by atoms with Crippen molar-refractivity contribution in [3.05, 3.63) is 77.8 Å². The van der Waals surface area contributed by atoms with Crippen molar-refractivity contribution >= 4 is 12.0 Å². The molecule has 0 spiro atoms. The van der Waals surface area contributed by atoms with Gasteiger partial charge in [-0.25, -0.2) is 9.67 Å². The van der Waals surface area contributed by atoms with E-state index in [-0.39, 0.29) is 5.91 Å². The first-order chi connectivity index (χ1) is 13.2. The second-order valence-corrected chi connectivity index (χ2v) is 7.02. The molecule has 1 saturated carbocycles. The van der Waals surface area contributed by atoms with E-state index in [0.717, 1.165) is 22.6 Å². The van der Waals surface area contributed by atoms with Crippen LogP contribution in [0.2, 0.25) is 0 Å². The second kappa shape index (κ2) is 7.61. The number of hydrogen-bond donors (Lipinski definition) is 1. The normalized spacial score (nSPS) is 18.7. The average Bonchev–Trinajstić information content (AvgIpc) is 3.07. The summed E-state index contributed by atoms with van der Waals surface area (Å²) in [7, 11) is 0. The van der Waals surface area contributed by atoms with Crippen LogP contribution < -0.4 is 5.32 Å². The van der Waals surface area contributed by atoms with Gasteiger partial charge in [0, 0.05) is 18.5 Å². The molecule has 2 atom stereocenters. The first-order valence-electron chi connectivity index (χ1n) is 9.13. The van der Waals surface area contributed by atoms with E-state index >= 15 is 0 Å². The zero-order chi connectivity index (χ0) is 18.6. The van der Waals surface area contributed by atoms with Crippen molar-refractivity contribution in [2.75, 3.05) is 0 Å². The molecule has 27 heavy (non-hydrogen) atoms. The molecule has 0 bridgehead atoms. The maximum atomic E-state index is 12.0. The molecule has 4 rings (SSSR count). The summed E-state index contributed by atoms with van der Waals surface area (Å²) in [5.74, 6) is 2.86. The van der Waals surface area contributed by atoms with Gasteiger partial charge < -0.3 is 9.73 Å². The number of amides is 1. The summed E-state index contributed by atoms with van der Waals surface area (Å²) in [4.78, 5) is 15.9. The van der Waals surface area contributed by atoms with Crippen molar-refractivity contribution in [3.8, 4) is 0 Å². The SMILES string of the molecule is CC1CC1c1ccc(/C=C/C(=O)NCc2ccc(Cn3cncn3)cc2)o1. The summed E-state index contributed by atoms with van der Waals surface area (Å²) in [5, 5.41) is 6.98. The molecule has 2 unspecified atom stereocenters. The third kappa shape index (κ3) is 4.53. The number of rotatable bonds is 7. The van der Waals surface area contributed by atoms with Crippen molar-refractivity contribution in [2.24, 2.45) is 5.92 Å². The van der Waals surface area contributed by atoms with E-state index in [4.69, 9.17) is 4.42 Å². The Morgan fingerprint density at radius 1 is 1.26 bits per heavy atom. The van der Waals surface area contributed by atoms with E-state index in [0.29, 0.717) is 24.9 Å². The number of carbonyl (C=O) groups is 1. The van der Waals surface area contributed by atoms with Gasteiger partial charge in [-0.05, 0) is 41.7 Å². The lowest BCUT2D eigenvalue weighted by Crippen LogP contribution is -2.20. The monoisotopic (exact) mass is 362 g/mol. The molecule has 0 radical (unpaired) electrons. The first-order valence-corrected chi connectivity index (χ1v) is 9.13. The topological polar surface area (TPSA) is 73.0 Å². The Morgan fingerprint density at radius 2 is 2.04 bits per heavy atom. The maximum Gasteiger partial charge on any atom is 0.244 e. The molecule has 6 nitrogen and oxygen atoms in total. The number of nitrogens with zero attached hydrogens (tertiary/aromatic N) is 3. The Hall–Kier alpha value is -3.15. The summed E-state index contributed by atoms with van der Waals surface area (Å²) in [6.45, 7) is 3.38. The lowest BCUT2D eigenvalue weighted by Gasteiger charge is -2.05. The molecule has 3 aromatic rings. The van der Waals surface area contributed by atoms with Gasteiger partial charge in [-0.1, -0.05) is 31.2 Å². The molecule has 1 fully saturated rings. The molecular weight excluding hydrogens is 340 g/mol. The Balaban J connectivity index is 1.25. The largest absolute Gasteiger partial charge is 0.461 e. The number of aromatic nitrogens is 3. The highest BCUT2D eigenvalue weighted by Crippen LogP contribution is 2.47. The number of benzene rings is 1. The predicted molar refractivity (Wildman–Crippen MR) is 102 cm³/mol. The van der Waals surface area contributed by atoms with Crippen LogP contribution in [0.25, 0.3) is 6.08 Å². The molecule has 2 aromatic heterocycles. The summed E-state index contributed by atoms with van der Waals surface area (Å²) < 4.78 is 7.54. The molecule has 0 saturated heterocycles. The van der Waals surface area contributed by atoms with Gasteiger partial charge in [0.05, 0.1) is 6.54 Å². The van der Waals surface area contributed by atoms with Crippen LogP contribution in [0.5, 0.6) is 0 Å². The minimum Gasteiger partial charge on any atom is -0.461 e. The number of hydrogen-bond acceptors (Lipinski definition) is 4. The Labute approximate surface area is 157 Å². The summed E-state index contributed by atoms with van der Waals surface area (Å²) in [5.41, 5.74) is 2.18. The fourth-order valence-electron chi connectivity index (χ4n) is 3.05. The predicted octanol–water partition coefficient (Wildman–Crippen LogP) is 3.37. The van der Waals surface area contributed by atoms with Gasteiger partial charge in [0.1, 0.15) is 24.2 Å². The Bertz CT molecular complexity index is 926. The fourth-order valence-corrected chi connectivity index (χ4v) is 3.05. The van der Waals surface area contributed by atoms with Crippen molar-refractivity contribution in [2.45, 2.75) is 32.4 Å². The average molecular weight is 362 g/mol. The van der Waals surface area contributed by atoms with Crippen LogP contribution in [0.1, 0.15) is 41.9 Å². The number of nitrogens with one attached hydrogen (secondary N) is 1. The second-order valence-electron chi connectivity index (χ2n) is 7.02. The molecular formula is C21H22N4O2. The van der Waals surface area contributed by atoms with Crippen molar-refractivity contribution in [3.63, 3.8) is 0 Å². The van der Waals surface area contributed by atoms with Gasteiger partial charge in [-0.2, -0.15) is 5.10 Å². The van der Waals surface area contributed by atoms with Crippen LogP contribution in [0, 0.1) is 5.92 Å². The standard InChI is InChI=1S/C21H22N4O2/c1-15-10-19(15)20-8-6-18(27-20)7-9-21(26)23-11-16-2-4-17(5-3-16)12-25-14-22-13-24-25/h2-9,13-15,19H,10-12H2,1H3,(H,23,26)/b9-7+. The van der Waals surface area contributed by atoms with E-state index in [9.17, 15) is 4.79 Å². The minimum absolute atomic E-state index is 0.139. The van der Waals surface area contributed by atoms with Gasteiger partial charge in [-0.3, -0.25) is 4.79 Å². The van der Waals surface area contributed by atoms with Crippen molar-refractivity contribution < 1.29 is 9.21 Å². The van der Waals surface area contributed by atoms with Crippen molar-refractivity contribution in [1.82, 2.24) is 20.1 Å². The van der Waals surface area contributed by atoms with Gasteiger partial charge in [0.15, 0.2) is 0 Å². The van der Waals surface area contributed by atoms with E-state index < -0.39 is 0 Å². The summed E-state index contributed by atoms with van der Waals surface area (Å²) >= 11 is 0. The molecule has 1 amide bonds. The van der Waals surface area contributed by atoms with Crippen LogP contribution >= 0.6 is 0 Å². The third-order valence-electron chi connectivity index (χ3n) is 4.82. The summed E-state index contributed by atoms with van der Waals surface area (Å²) in [6, 6.07) is 12.0. The van der Waals surface area contributed by atoms with Gasteiger partial charge >= 0.3 is 0 Å². The lowest BCUT2D eigenvalue weighted by molar-refractivity contribution is -0.116. The smallest absolute Gasteiger partial charge is 0.244 e. The molecule has 6 heteroatoms.